The molecule has 4 N–H and O–H groups in total. The first kappa shape index (κ1) is 17.6. The van der Waals surface area contributed by atoms with E-state index >= 15 is 0 Å². The van der Waals surface area contributed by atoms with E-state index in [4.69, 9.17) is 5.73 Å². The summed E-state index contributed by atoms with van der Waals surface area (Å²) in [5.74, 6) is -0.0483. The highest BCUT2D eigenvalue weighted by atomic mass is 35.5. The van der Waals surface area contributed by atoms with E-state index < -0.39 is 15.4 Å². The first-order valence-corrected chi connectivity index (χ1v) is 7.72. The van der Waals surface area contributed by atoms with Gasteiger partial charge in [0, 0.05) is 19.6 Å². The first-order valence-electron chi connectivity index (χ1n) is 5.83. The van der Waals surface area contributed by atoms with Crippen LogP contribution >= 0.6 is 12.4 Å². The zero-order chi connectivity index (χ0) is 12.9. The monoisotopic (exact) mass is 299 g/mol. The van der Waals surface area contributed by atoms with Crippen LogP contribution in [0.3, 0.4) is 0 Å². The van der Waals surface area contributed by atoms with Crippen molar-refractivity contribution in [2.24, 2.45) is 11.1 Å². The van der Waals surface area contributed by atoms with E-state index in [1.165, 1.54) is 0 Å². The molecule has 1 saturated carbocycles. The van der Waals surface area contributed by atoms with Crippen molar-refractivity contribution in [2.75, 3.05) is 25.9 Å². The van der Waals surface area contributed by atoms with Crippen LogP contribution in [0.4, 0.5) is 0 Å². The molecular formula is C10H22ClN3O3S. The summed E-state index contributed by atoms with van der Waals surface area (Å²) in [4.78, 5) is 12.0. The maximum Gasteiger partial charge on any atom is 0.227 e. The highest BCUT2D eigenvalue weighted by Gasteiger charge is 2.39. The van der Waals surface area contributed by atoms with Gasteiger partial charge in [0.2, 0.25) is 15.9 Å². The summed E-state index contributed by atoms with van der Waals surface area (Å²) >= 11 is 0. The second-order valence-corrected chi connectivity index (χ2v) is 6.45. The quantitative estimate of drug-likeness (QED) is 0.580. The van der Waals surface area contributed by atoms with Crippen LogP contribution in [-0.2, 0) is 14.8 Å². The molecule has 0 saturated heterocycles. The smallest absolute Gasteiger partial charge is 0.227 e. The normalized spacial score (nSPS) is 18.1. The molecule has 1 fully saturated rings. The first-order chi connectivity index (χ1) is 7.90. The largest absolute Gasteiger partial charge is 0.354 e. The van der Waals surface area contributed by atoms with Gasteiger partial charge >= 0.3 is 0 Å². The lowest BCUT2D eigenvalue weighted by molar-refractivity contribution is -0.130. The minimum atomic E-state index is -3.19. The molecule has 0 radical (unpaired) electrons. The zero-order valence-corrected chi connectivity index (χ0v) is 12.2. The Morgan fingerprint density at radius 2 is 1.83 bits per heavy atom. The van der Waals surface area contributed by atoms with Gasteiger partial charge in [-0.2, -0.15) is 0 Å². The molecule has 0 aromatic heterocycles. The summed E-state index contributed by atoms with van der Waals surface area (Å²) in [5.41, 5.74) is 5.25. The number of nitrogens with two attached hydrogens (primary N) is 1. The van der Waals surface area contributed by atoms with E-state index in [0.717, 1.165) is 31.9 Å². The highest BCUT2D eigenvalue weighted by Crippen LogP contribution is 2.37. The fourth-order valence-electron chi connectivity index (χ4n) is 2.18. The number of carbonyl (C=O) groups is 1. The van der Waals surface area contributed by atoms with Crippen molar-refractivity contribution in [3.8, 4) is 0 Å². The lowest BCUT2D eigenvalue weighted by Crippen LogP contribution is -2.46. The van der Waals surface area contributed by atoms with Crippen LogP contribution in [-0.4, -0.2) is 40.2 Å². The van der Waals surface area contributed by atoms with Gasteiger partial charge in [-0.05, 0) is 12.8 Å². The lowest BCUT2D eigenvalue weighted by atomic mass is 9.85. The molecule has 1 rings (SSSR count). The minimum Gasteiger partial charge on any atom is -0.354 e. The van der Waals surface area contributed by atoms with Crippen molar-refractivity contribution in [3.63, 3.8) is 0 Å². The van der Waals surface area contributed by atoms with Crippen molar-refractivity contribution < 1.29 is 13.2 Å². The van der Waals surface area contributed by atoms with Gasteiger partial charge in [-0.15, -0.1) is 12.4 Å². The highest BCUT2D eigenvalue weighted by molar-refractivity contribution is 7.88. The number of rotatable bonds is 6. The van der Waals surface area contributed by atoms with Crippen LogP contribution in [0.5, 0.6) is 0 Å². The average Bonchev–Trinajstić information content (AvgIpc) is 2.72. The summed E-state index contributed by atoms with van der Waals surface area (Å²) in [6.07, 6.45) is 4.81. The Bertz CT molecular complexity index is 367. The van der Waals surface area contributed by atoms with Crippen LogP contribution in [0.1, 0.15) is 25.7 Å². The SMILES string of the molecule is CS(=O)(=O)NCCNC(=O)C1(CN)CCCC1.Cl. The molecule has 1 aliphatic rings. The fourth-order valence-corrected chi connectivity index (χ4v) is 2.65. The Morgan fingerprint density at radius 3 is 2.28 bits per heavy atom. The molecule has 0 spiro atoms. The molecule has 18 heavy (non-hydrogen) atoms. The van der Waals surface area contributed by atoms with Crippen LogP contribution < -0.4 is 15.8 Å². The van der Waals surface area contributed by atoms with Gasteiger partial charge < -0.3 is 11.1 Å². The molecule has 6 nitrogen and oxygen atoms in total. The molecule has 0 bridgehead atoms. The molecule has 0 atom stereocenters. The zero-order valence-electron chi connectivity index (χ0n) is 10.6. The van der Waals surface area contributed by atoms with Crippen LogP contribution in [0.15, 0.2) is 0 Å². The van der Waals surface area contributed by atoms with E-state index in [2.05, 4.69) is 10.0 Å². The number of nitrogens with one attached hydrogen (secondary N) is 2. The van der Waals surface area contributed by atoms with Gasteiger partial charge in [0.05, 0.1) is 11.7 Å². The average molecular weight is 300 g/mol. The molecule has 1 amide bonds. The predicted molar refractivity (Wildman–Crippen MR) is 73.1 cm³/mol. The third-order valence-electron chi connectivity index (χ3n) is 3.21. The molecule has 1 aliphatic carbocycles. The van der Waals surface area contributed by atoms with E-state index in [1.807, 2.05) is 0 Å². The number of hydrogen-bond donors (Lipinski definition) is 3. The van der Waals surface area contributed by atoms with E-state index in [-0.39, 0.29) is 24.9 Å². The number of sulfonamides is 1. The molecule has 0 aromatic carbocycles. The lowest BCUT2D eigenvalue weighted by Gasteiger charge is -2.25. The van der Waals surface area contributed by atoms with E-state index in [9.17, 15) is 13.2 Å². The molecule has 0 heterocycles. The minimum absolute atomic E-state index is 0. The molecule has 108 valence electrons. The van der Waals surface area contributed by atoms with Crippen molar-refractivity contribution in [1.29, 1.82) is 0 Å². The molecular weight excluding hydrogens is 278 g/mol. The number of carbonyl (C=O) groups excluding carboxylic acids is 1. The maximum absolute atomic E-state index is 12.0. The van der Waals surface area contributed by atoms with E-state index in [1.54, 1.807) is 0 Å². The fraction of sp³-hybridized carbons (Fsp3) is 0.900. The van der Waals surface area contributed by atoms with Crippen LogP contribution in [0.25, 0.3) is 0 Å². The summed E-state index contributed by atoms with van der Waals surface area (Å²) in [6.45, 7) is 0.872. The van der Waals surface area contributed by atoms with Crippen LogP contribution in [0.2, 0.25) is 0 Å². The van der Waals surface area contributed by atoms with E-state index in [0.29, 0.717) is 13.1 Å². The summed E-state index contributed by atoms with van der Waals surface area (Å²) in [5, 5.41) is 2.74. The van der Waals surface area contributed by atoms with Crippen LogP contribution in [0, 0.1) is 5.41 Å². The Balaban J connectivity index is 0.00000289. The molecule has 0 aromatic rings. The van der Waals surface area contributed by atoms with Gasteiger partial charge in [-0.1, -0.05) is 12.8 Å². The van der Waals surface area contributed by atoms with Gasteiger partial charge in [0.1, 0.15) is 0 Å². The van der Waals surface area contributed by atoms with Gasteiger partial charge in [-0.3, -0.25) is 4.79 Å². The summed E-state index contributed by atoms with van der Waals surface area (Å²) < 4.78 is 23.9. The summed E-state index contributed by atoms with van der Waals surface area (Å²) in [6, 6.07) is 0. The number of halogens is 1. The molecule has 8 heteroatoms. The van der Waals surface area contributed by atoms with Crippen molar-refractivity contribution in [1.82, 2.24) is 10.0 Å². The standard InChI is InChI=1S/C10H21N3O3S.ClH/c1-17(15,16)13-7-6-12-9(14)10(8-11)4-2-3-5-10;/h13H,2-8,11H2,1H3,(H,12,14);1H. The Labute approximate surface area is 115 Å². The second-order valence-electron chi connectivity index (χ2n) is 4.61. The van der Waals surface area contributed by atoms with Gasteiger partial charge in [0.15, 0.2) is 0 Å². The van der Waals surface area contributed by atoms with Gasteiger partial charge in [-0.25, -0.2) is 13.1 Å². The number of hydrogen-bond acceptors (Lipinski definition) is 4. The third kappa shape index (κ3) is 5.09. The third-order valence-corrected chi connectivity index (χ3v) is 3.94. The second kappa shape index (κ2) is 7.28. The Hall–Kier alpha value is -0.370. The molecule has 0 unspecified atom stereocenters. The van der Waals surface area contributed by atoms with Crippen molar-refractivity contribution >= 4 is 28.3 Å². The number of amides is 1. The summed E-state index contributed by atoms with van der Waals surface area (Å²) in [7, 11) is -3.19. The maximum atomic E-state index is 12.0. The van der Waals surface area contributed by atoms with Crippen molar-refractivity contribution in [2.45, 2.75) is 25.7 Å². The Kier molecular flexibility index (Phi) is 7.13. The molecule has 0 aliphatic heterocycles. The van der Waals surface area contributed by atoms with Crippen molar-refractivity contribution in [3.05, 3.63) is 0 Å². The predicted octanol–water partition coefficient (Wildman–Crippen LogP) is -0.407. The van der Waals surface area contributed by atoms with Gasteiger partial charge in [0.25, 0.3) is 0 Å². The topological polar surface area (TPSA) is 101 Å². The Morgan fingerprint density at radius 1 is 1.28 bits per heavy atom.